The molecule has 0 unspecified atom stereocenters. The molecule has 0 aliphatic carbocycles. The number of aryl methyl sites for hydroxylation is 1. The van der Waals surface area contributed by atoms with Crippen molar-refractivity contribution in [3.8, 4) is 11.3 Å². The Labute approximate surface area is 93.7 Å². The maximum absolute atomic E-state index is 8.80. The predicted octanol–water partition coefficient (Wildman–Crippen LogP) is 1.85. The second-order valence-electron chi connectivity index (χ2n) is 3.64. The van der Waals surface area contributed by atoms with Gasteiger partial charge in [-0.1, -0.05) is 17.3 Å². The van der Waals surface area contributed by atoms with Crippen molar-refractivity contribution in [1.29, 1.82) is 0 Å². The molecule has 1 heterocycles. The third-order valence-corrected chi connectivity index (χ3v) is 2.41. The largest absolute Gasteiger partial charge is 0.399 e. The Morgan fingerprint density at radius 1 is 1.38 bits per heavy atom. The van der Waals surface area contributed by atoms with E-state index in [-0.39, 0.29) is 6.61 Å². The van der Waals surface area contributed by atoms with Gasteiger partial charge in [-0.25, -0.2) is 0 Å². The maximum atomic E-state index is 8.80. The normalized spacial score (nSPS) is 10.6. The second-order valence-corrected chi connectivity index (χ2v) is 3.64. The molecule has 1 aromatic carbocycles. The molecule has 4 heteroatoms. The number of benzene rings is 1. The average molecular weight is 218 g/mol. The lowest BCUT2D eigenvalue weighted by atomic mass is 10.0. The Hall–Kier alpha value is -1.81. The summed E-state index contributed by atoms with van der Waals surface area (Å²) < 4.78 is 4.96. The molecular formula is C12H14N2O2. The minimum atomic E-state index is 0.168. The molecule has 0 amide bonds. The minimum Gasteiger partial charge on any atom is -0.399 e. The van der Waals surface area contributed by atoms with Crippen molar-refractivity contribution in [1.82, 2.24) is 5.16 Å². The summed E-state index contributed by atoms with van der Waals surface area (Å²) in [5, 5.41) is 12.8. The molecule has 0 fully saturated rings. The van der Waals surface area contributed by atoms with Crippen LogP contribution in [-0.4, -0.2) is 16.9 Å². The first-order valence-corrected chi connectivity index (χ1v) is 5.21. The van der Waals surface area contributed by atoms with Crippen LogP contribution in [0.5, 0.6) is 0 Å². The van der Waals surface area contributed by atoms with E-state index >= 15 is 0 Å². The van der Waals surface area contributed by atoms with Crippen LogP contribution in [0.25, 0.3) is 11.3 Å². The highest BCUT2D eigenvalue weighted by Gasteiger charge is 2.09. The van der Waals surface area contributed by atoms with Gasteiger partial charge in [-0.05, 0) is 25.0 Å². The van der Waals surface area contributed by atoms with Crippen LogP contribution in [0.1, 0.15) is 12.0 Å². The summed E-state index contributed by atoms with van der Waals surface area (Å²) in [6.45, 7) is 0.168. The Bertz CT molecular complexity index is 466. The van der Waals surface area contributed by atoms with E-state index in [1.54, 1.807) is 6.26 Å². The molecule has 16 heavy (non-hydrogen) atoms. The summed E-state index contributed by atoms with van der Waals surface area (Å²) in [6, 6.07) is 7.52. The molecule has 1 aromatic heterocycles. The van der Waals surface area contributed by atoms with Crippen molar-refractivity contribution in [2.45, 2.75) is 12.8 Å². The van der Waals surface area contributed by atoms with Crippen molar-refractivity contribution in [2.24, 2.45) is 0 Å². The highest BCUT2D eigenvalue weighted by molar-refractivity contribution is 5.66. The highest BCUT2D eigenvalue weighted by atomic mass is 16.5. The quantitative estimate of drug-likeness (QED) is 0.768. The van der Waals surface area contributed by atoms with E-state index in [1.165, 1.54) is 0 Å². The fourth-order valence-corrected chi connectivity index (χ4v) is 1.63. The SMILES string of the molecule is Nc1cccc(-c2nocc2CCCO)c1. The number of aromatic nitrogens is 1. The van der Waals surface area contributed by atoms with Gasteiger partial charge in [0.2, 0.25) is 0 Å². The van der Waals surface area contributed by atoms with E-state index < -0.39 is 0 Å². The molecule has 0 aliphatic rings. The van der Waals surface area contributed by atoms with Gasteiger partial charge in [-0.15, -0.1) is 0 Å². The topological polar surface area (TPSA) is 72.3 Å². The van der Waals surface area contributed by atoms with Crippen LogP contribution in [0, 0.1) is 0 Å². The fourth-order valence-electron chi connectivity index (χ4n) is 1.63. The first kappa shape index (κ1) is 10.7. The molecule has 0 atom stereocenters. The summed E-state index contributed by atoms with van der Waals surface area (Å²) in [7, 11) is 0. The van der Waals surface area contributed by atoms with Gasteiger partial charge in [-0.2, -0.15) is 0 Å². The molecule has 0 saturated heterocycles. The van der Waals surface area contributed by atoms with Crippen molar-refractivity contribution in [2.75, 3.05) is 12.3 Å². The van der Waals surface area contributed by atoms with Crippen LogP contribution in [0.2, 0.25) is 0 Å². The van der Waals surface area contributed by atoms with Gasteiger partial charge in [0, 0.05) is 23.4 Å². The standard InChI is InChI=1S/C12H14N2O2/c13-11-5-1-3-9(7-11)12-10(4-2-6-15)8-16-14-12/h1,3,5,7-8,15H,2,4,6,13H2. The summed E-state index contributed by atoms with van der Waals surface area (Å²) in [6.07, 6.45) is 3.08. The summed E-state index contributed by atoms with van der Waals surface area (Å²) in [4.78, 5) is 0. The molecule has 84 valence electrons. The van der Waals surface area contributed by atoms with Gasteiger partial charge < -0.3 is 15.4 Å². The number of nitrogens with zero attached hydrogens (tertiary/aromatic N) is 1. The second kappa shape index (κ2) is 4.81. The number of aliphatic hydroxyl groups is 1. The fraction of sp³-hybridized carbons (Fsp3) is 0.250. The number of rotatable bonds is 4. The van der Waals surface area contributed by atoms with Crippen molar-refractivity contribution >= 4 is 5.69 Å². The van der Waals surface area contributed by atoms with Gasteiger partial charge >= 0.3 is 0 Å². The molecule has 0 bridgehead atoms. The van der Waals surface area contributed by atoms with E-state index in [4.69, 9.17) is 15.4 Å². The van der Waals surface area contributed by atoms with Crippen molar-refractivity contribution < 1.29 is 9.63 Å². The third-order valence-electron chi connectivity index (χ3n) is 2.41. The van der Waals surface area contributed by atoms with Gasteiger partial charge in [0.25, 0.3) is 0 Å². The minimum absolute atomic E-state index is 0.168. The Morgan fingerprint density at radius 3 is 3.00 bits per heavy atom. The monoisotopic (exact) mass is 218 g/mol. The Kier molecular flexibility index (Phi) is 3.22. The Morgan fingerprint density at radius 2 is 2.25 bits per heavy atom. The predicted molar refractivity (Wildman–Crippen MR) is 61.8 cm³/mol. The van der Waals surface area contributed by atoms with Crippen LogP contribution in [0.3, 0.4) is 0 Å². The number of anilines is 1. The van der Waals surface area contributed by atoms with Crippen molar-refractivity contribution in [3.05, 3.63) is 36.1 Å². The number of nitrogens with two attached hydrogens (primary N) is 1. The zero-order valence-corrected chi connectivity index (χ0v) is 8.89. The van der Waals surface area contributed by atoms with E-state index in [0.29, 0.717) is 12.1 Å². The maximum Gasteiger partial charge on any atom is 0.127 e. The number of nitrogen functional groups attached to an aromatic ring is 1. The van der Waals surface area contributed by atoms with Crippen LogP contribution in [0.4, 0.5) is 5.69 Å². The van der Waals surface area contributed by atoms with Crippen LogP contribution >= 0.6 is 0 Å². The zero-order chi connectivity index (χ0) is 11.4. The average Bonchev–Trinajstić information content (AvgIpc) is 2.74. The third kappa shape index (κ3) is 2.23. The van der Waals surface area contributed by atoms with Gasteiger partial charge in [0.05, 0.1) is 0 Å². The highest BCUT2D eigenvalue weighted by Crippen LogP contribution is 2.24. The molecule has 0 radical (unpaired) electrons. The molecule has 0 saturated carbocycles. The molecule has 2 rings (SSSR count). The molecule has 3 N–H and O–H groups in total. The smallest absolute Gasteiger partial charge is 0.127 e. The molecule has 4 nitrogen and oxygen atoms in total. The molecule has 2 aromatic rings. The Balaban J connectivity index is 2.29. The van der Waals surface area contributed by atoms with Crippen molar-refractivity contribution in [3.63, 3.8) is 0 Å². The molecule has 0 spiro atoms. The van der Waals surface area contributed by atoms with Crippen LogP contribution in [-0.2, 0) is 6.42 Å². The van der Waals surface area contributed by atoms with E-state index in [1.807, 2.05) is 24.3 Å². The zero-order valence-electron chi connectivity index (χ0n) is 8.89. The number of aliphatic hydroxyl groups excluding tert-OH is 1. The first-order chi connectivity index (χ1) is 7.81. The number of hydrogen-bond acceptors (Lipinski definition) is 4. The van der Waals surface area contributed by atoms with E-state index in [2.05, 4.69) is 5.16 Å². The lowest BCUT2D eigenvalue weighted by molar-refractivity contribution is 0.288. The molecular weight excluding hydrogens is 204 g/mol. The van der Waals surface area contributed by atoms with Crippen LogP contribution < -0.4 is 5.73 Å². The van der Waals surface area contributed by atoms with Gasteiger partial charge in [0.15, 0.2) is 0 Å². The van der Waals surface area contributed by atoms with E-state index in [9.17, 15) is 0 Å². The van der Waals surface area contributed by atoms with Gasteiger partial charge in [0.1, 0.15) is 12.0 Å². The summed E-state index contributed by atoms with van der Waals surface area (Å²) in [5.74, 6) is 0. The lowest BCUT2D eigenvalue weighted by Crippen LogP contribution is -1.91. The van der Waals surface area contributed by atoms with E-state index in [0.717, 1.165) is 23.2 Å². The number of hydrogen-bond donors (Lipinski definition) is 2. The first-order valence-electron chi connectivity index (χ1n) is 5.21. The summed E-state index contributed by atoms with van der Waals surface area (Å²) in [5.41, 5.74) is 9.17. The lowest BCUT2D eigenvalue weighted by Gasteiger charge is -2.01. The van der Waals surface area contributed by atoms with Crippen LogP contribution in [0.15, 0.2) is 35.1 Å². The van der Waals surface area contributed by atoms with Gasteiger partial charge in [-0.3, -0.25) is 0 Å². The summed E-state index contributed by atoms with van der Waals surface area (Å²) >= 11 is 0. The molecule has 0 aliphatic heterocycles.